The molecule has 5 heteroatoms. The number of nitrogen functional groups attached to an aromatic ring is 2. The van der Waals surface area contributed by atoms with Crippen molar-refractivity contribution >= 4 is 28.2 Å². The molecule has 3 heterocycles. The fourth-order valence-corrected chi connectivity index (χ4v) is 4.92. The van der Waals surface area contributed by atoms with Crippen molar-refractivity contribution in [2.24, 2.45) is 0 Å². The first-order chi connectivity index (χ1) is 12.7. The Morgan fingerprint density at radius 3 is 2.38 bits per heavy atom. The maximum absolute atomic E-state index is 6.13. The summed E-state index contributed by atoms with van der Waals surface area (Å²) in [5.41, 5.74) is 14.2. The zero-order valence-corrected chi connectivity index (χ0v) is 14.7. The van der Waals surface area contributed by atoms with Crippen LogP contribution in [-0.2, 0) is 0 Å². The van der Waals surface area contributed by atoms with Crippen molar-refractivity contribution in [3.8, 4) is 0 Å². The molecule has 5 nitrogen and oxygen atoms in total. The maximum atomic E-state index is 6.13. The molecular weight excluding hydrogens is 322 g/mol. The fourth-order valence-electron chi connectivity index (χ4n) is 4.92. The van der Waals surface area contributed by atoms with Crippen LogP contribution in [0.25, 0.3) is 10.8 Å². The predicted octanol–water partition coefficient (Wildman–Crippen LogP) is 3.71. The van der Waals surface area contributed by atoms with Gasteiger partial charge in [0.15, 0.2) is 0 Å². The highest BCUT2D eigenvalue weighted by Gasteiger charge is 2.41. The molecule has 132 valence electrons. The van der Waals surface area contributed by atoms with Crippen molar-refractivity contribution in [3.05, 3.63) is 54.2 Å². The van der Waals surface area contributed by atoms with Gasteiger partial charge in [-0.15, -0.1) is 0 Å². The number of hydrogen-bond donors (Lipinski definition) is 2. The Balaban J connectivity index is 1.45. The molecule has 3 aromatic rings. The van der Waals surface area contributed by atoms with E-state index in [0.717, 1.165) is 18.4 Å². The maximum Gasteiger partial charge on any atom is 0.221 e. The molecule has 26 heavy (non-hydrogen) atoms. The molecule has 0 saturated carbocycles. The highest BCUT2D eigenvalue weighted by atomic mass is 15.2. The zero-order valence-electron chi connectivity index (χ0n) is 14.7. The second-order valence-electron chi connectivity index (χ2n) is 7.56. The minimum absolute atomic E-state index is 0.253. The smallest absolute Gasteiger partial charge is 0.221 e. The first kappa shape index (κ1) is 15.4. The summed E-state index contributed by atoms with van der Waals surface area (Å²) < 4.78 is 0. The number of piperidine rings is 1. The van der Waals surface area contributed by atoms with E-state index in [9.17, 15) is 0 Å². The molecule has 0 aliphatic carbocycles. The van der Waals surface area contributed by atoms with Gasteiger partial charge in [0.25, 0.3) is 0 Å². The fraction of sp³-hybridized carbons (Fsp3) is 0.333. The number of rotatable bonds is 2. The molecule has 2 saturated heterocycles. The zero-order chi connectivity index (χ0) is 17.7. The average molecular weight is 345 g/mol. The van der Waals surface area contributed by atoms with Gasteiger partial charge in [-0.3, -0.25) is 0 Å². The summed E-state index contributed by atoms with van der Waals surface area (Å²) in [5.74, 6) is 1.22. The third-order valence-corrected chi connectivity index (χ3v) is 6.07. The highest BCUT2D eigenvalue weighted by molar-refractivity contribution is 5.86. The molecule has 0 amide bonds. The molecule has 4 N–H and O–H groups in total. The Kier molecular flexibility index (Phi) is 3.48. The monoisotopic (exact) mass is 345 g/mol. The van der Waals surface area contributed by atoms with Crippen LogP contribution in [0.15, 0.2) is 48.7 Å². The minimum Gasteiger partial charge on any atom is -0.383 e. The van der Waals surface area contributed by atoms with Crippen LogP contribution < -0.4 is 16.4 Å². The lowest BCUT2D eigenvalue weighted by molar-refractivity contribution is 0.415. The first-order valence-corrected chi connectivity index (χ1v) is 9.34. The standard InChI is InChI=1S/C21H23N5/c22-20-19(12-24-21(23)25-20)15-10-17-7-8-18(11-15)26(17)16-6-5-13-3-1-2-4-14(13)9-16/h1-6,9,12,15,17-18H,7-8,10-11H2,(H4,22,23,24,25). The van der Waals surface area contributed by atoms with Gasteiger partial charge in [-0.05, 0) is 54.5 Å². The molecule has 2 bridgehead atoms. The van der Waals surface area contributed by atoms with Crippen LogP contribution >= 0.6 is 0 Å². The van der Waals surface area contributed by atoms with Gasteiger partial charge in [0.1, 0.15) is 5.82 Å². The van der Waals surface area contributed by atoms with Crippen LogP contribution in [0.1, 0.15) is 37.2 Å². The number of nitrogens with zero attached hydrogens (tertiary/aromatic N) is 3. The summed E-state index contributed by atoms with van der Waals surface area (Å²) in [6.07, 6.45) is 6.50. The van der Waals surface area contributed by atoms with Crippen molar-refractivity contribution in [1.29, 1.82) is 0 Å². The van der Waals surface area contributed by atoms with Gasteiger partial charge >= 0.3 is 0 Å². The SMILES string of the molecule is Nc1ncc(C2CC3CCC(C2)N3c2ccc3ccccc3c2)c(N)n1. The quantitative estimate of drug-likeness (QED) is 0.740. The summed E-state index contributed by atoms with van der Waals surface area (Å²) in [7, 11) is 0. The van der Waals surface area contributed by atoms with E-state index >= 15 is 0 Å². The molecule has 2 unspecified atom stereocenters. The van der Waals surface area contributed by atoms with Crippen LogP contribution in [0, 0.1) is 0 Å². The Labute approximate surface area is 153 Å². The lowest BCUT2D eigenvalue weighted by atomic mass is 9.85. The van der Waals surface area contributed by atoms with Crippen molar-refractivity contribution in [3.63, 3.8) is 0 Å². The van der Waals surface area contributed by atoms with E-state index in [-0.39, 0.29) is 5.95 Å². The van der Waals surface area contributed by atoms with Gasteiger partial charge in [0, 0.05) is 29.5 Å². The van der Waals surface area contributed by atoms with Crippen molar-refractivity contribution < 1.29 is 0 Å². The van der Waals surface area contributed by atoms with Crippen molar-refractivity contribution in [1.82, 2.24) is 9.97 Å². The van der Waals surface area contributed by atoms with E-state index in [4.69, 9.17) is 11.5 Å². The van der Waals surface area contributed by atoms with Crippen LogP contribution in [-0.4, -0.2) is 22.1 Å². The molecule has 2 aromatic carbocycles. The lowest BCUT2D eigenvalue weighted by Crippen LogP contribution is -2.42. The summed E-state index contributed by atoms with van der Waals surface area (Å²) >= 11 is 0. The Hall–Kier alpha value is -2.82. The number of fused-ring (bicyclic) bond motifs is 3. The van der Waals surface area contributed by atoms with E-state index in [1.54, 1.807) is 0 Å². The van der Waals surface area contributed by atoms with Gasteiger partial charge in [-0.25, -0.2) is 4.98 Å². The predicted molar refractivity (Wildman–Crippen MR) is 106 cm³/mol. The molecule has 1 aromatic heterocycles. The summed E-state index contributed by atoms with van der Waals surface area (Å²) in [6, 6.07) is 16.5. The molecule has 2 aliphatic rings. The first-order valence-electron chi connectivity index (χ1n) is 9.34. The molecule has 0 radical (unpaired) electrons. The average Bonchev–Trinajstić information content (AvgIpc) is 2.91. The second-order valence-corrected chi connectivity index (χ2v) is 7.56. The number of aromatic nitrogens is 2. The largest absolute Gasteiger partial charge is 0.383 e. The Morgan fingerprint density at radius 1 is 0.923 bits per heavy atom. The summed E-state index contributed by atoms with van der Waals surface area (Å²) in [4.78, 5) is 11.0. The van der Waals surface area contributed by atoms with Crippen LogP contribution in [0.2, 0.25) is 0 Å². The van der Waals surface area contributed by atoms with E-state index < -0.39 is 0 Å². The van der Waals surface area contributed by atoms with Crippen molar-refractivity contribution in [2.45, 2.75) is 43.7 Å². The molecule has 0 spiro atoms. The normalized spacial score (nSPS) is 24.9. The van der Waals surface area contributed by atoms with Crippen LogP contribution in [0.5, 0.6) is 0 Å². The minimum atomic E-state index is 0.253. The molecule has 2 fully saturated rings. The van der Waals surface area contributed by atoms with E-state index in [1.807, 2.05) is 6.20 Å². The third-order valence-electron chi connectivity index (χ3n) is 6.07. The van der Waals surface area contributed by atoms with Crippen LogP contribution in [0.3, 0.4) is 0 Å². The van der Waals surface area contributed by atoms with E-state index in [1.165, 1.54) is 29.3 Å². The van der Waals surface area contributed by atoms with Crippen LogP contribution in [0.4, 0.5) is 17.5 Å². The topological polar surface area (TPSA) is 81.1 Å². The van der Waals surface area contributed by atoms with Gasteiger partial charge in [0.2, 0.25) is 5.95 Å². The summed E-state index contributed by atoms with van der Waals surface area (Å²) in [6.45, 7) is 0. The van der Waals surface area contributed by atoms with Gasteiger partial charge in [0.05, 0.1) is 0 Å². The van der Waals surface area contributed by atoms with E-state index in [2.05, 4.69) is 57.3 Å². The van der Waals surface area contributed by atoms with Crippen molar-refractivity contribution in [2.75, 3.05) is 16.4 Å². The lowest BCUT2D eigenvalue weighted by Gasteiger charge is -2.41. The van der Waals surface area contributed by atoms with E-state index in [0.29, 0.717) is 23.8 Å². The van der Waals surface area contributed by atoms with Gasteiger partial charge in [-0.2, -0.15) is 4.98 Å². The number of benzene rings is 2. The number of hydrogen-bond acceptors (Lipinski definition) is 5. The molecular formula is C21H23N5. The highest BCUT2D eigenvalue weighted by Crippen LogP contribution is 2.46. The van der Waals surface area contributed by atoms with Gasteiger partial charge < -0.3 is 16.4 Å². The Morgan fingerprint density at radius 2 is 1.65 bits per heavy atom. The molecule has 2 aliphatic heterocycles. The Bertz CT molecular complexity index is 956. The number of anilines is 3. The van der Waals surface area contributed by atoms with Gasteiger partial charge in [-0.1, -0.05) is 30.3 Å². The summed E-state index contributed by atoms with van der Waals surface area (Å²) in [5, 5.41) is 2.60. The number of nitrogens with two attached hydrogens (primary N) is 2. The third kappa shape index (κ3) is 2.46. The molecule has 2 atom stereocenters. The second kappa shape index (κ2) is 5.87. The molecule has 5 rings (SSSR count).